The molecular weight excluding hydrogens is 326 g/mol. The Morgan fingerprint density at radius 3 is 2.48 bits per heavy atom. The third-order valence-electron chi connectivity index (χ3n) is 4.99. The monoisotopic (exact) mass is 351 g/mol. The fourth-order valence-electron chi connectivity index (χ4n) is 3.76. The van der Waals surface area contributed by atoms with Gasteiger partial charge < -0.3 is 11.1 Å². The minimum Gasteiger partial charge on any atom is -0.377 e. The van der Waals surface area contributed by atoms with E-state index in [0.717, 1.165) is 19.0 Å². The van der Waals surface area contributed by atoms with E-state index in [9.17, 15) is 0 Å². The molecule has 2 fully saturated rings. The van der Waals surface area contributed by atoms with Crippen LogP contribution in [0.25, 0.3) is 0 Å². The number of rotatable bonds is 4. The van der Waals surface area contributed by atoms with Crippen molar-refractivity contribution in [3.8, 4) is 0 Å². The molecule has 0 bridgehead atoms. The van der Waals surface area contributed by atoms with Gasteiger partial charge in [0.2, 0.25) is 0 Å². The van der Waals surface area contributed by atoms with Crippen molar-refractivity contribution in [3.63, 3.8) is 0 Å². The van der Waals surface area contributed by atoms with Crippen molar-refractivity contribution in [2.24, 2.45) is 5.73 Å². The molecule has 1 saturated heterocycles. The zero-order chi connectivity index (χ0) is 15.2. The highest BCUT2D eigenvalue weighted by Gasteiger charge is 2.46. The van der Waals surface area contributed by atoms with Crippen LogP contribution >= 0.6 is 15.9 Å². The molecule has 0 aromatic heterocycles. The van der Waals surface area contributed by atoms with Crippen LogP contribution in [-0.2, 0) is 0 Å². The number of nitrogens with zero attached hydrogens (tertiary/aromatic N) is 1. The Balaban J connectivity index is 1.81. The molecule has 1 aromatic rings. The number of benzene rings is 1. The molecule has 116 valence electrons. The summed E-state index contributed by atoms with van der Waals surface area (Å²) in [4.78, 5) is 2.65. The van der Waals surface area contributed by atoms with Crippen molar-refractivity contribution in [1.82, 2.24) is 4.90 Å². The number of nitrogens with two attached hydrogens (primary N) is 1. The minimum absolute atomic E-state index is 0.0225. The first-order valence-corrected chi connectivity index (χ1v) is 8.74. The van der Waals surface area contributed by atoms with Gasteiger partial charge in [-0.3, -0.25) is 4.90 Å². The van der Waals surface area contributed by atoms with Crippen LogP contribution in [0.4, 0.5) is 5.69 Å². The summed E-state index contributed by atoms with van der Waals surface area (Å²) in [7, 11) is 0. The molecule has 1 aliphatic carbocycles. The van der Waals surface area contributed by atoms with Gasteiger partial charge in [0.05, 0.1) is 5.54 Å². The Morgan fingerprint density at radius 1 is 1.33 bits per heavy atom. The summed E-state index contributed by atoms with van der Waals surface area (Å²) >= 11 is 3.64. The third-order valence-corrected chi connectivity index (χ3v) is 6.24. The van der Waals surface area contributed by atoms with Crippen molar-refractivity contribution in [2.45, 2.75) is 57.7 Å². The number of halogens is 1. The van der Waals surface area contributed by atoms with Crippen LogP contribution in [-0.4, -0.2) is 35.6 Å². The lowest BCUT2D eigenvalue weighted by molar-refractivity contribution is 0.252. The number of aryl methyl sites for hydroxylation is 2. The van der Waals surface area contributed by atoms with Gasteiger partial charge in [0.1, 0.15) is 0 Å². The zero-order valence-corrected chi connectivity index (χ0v) is 14.8. The summed E-state index contributed by atoms with van der Waals surface area (Å²) in [5.74, 6) is 0. The molecule has 2 atom stereocenters. The summed E-state index contributed by atoms with van der Waals surface area (Å²) in [6.45, 7) is 8.39. The number of anilines is 1. The topological polar surface area (TPSA) is 41.3 Å². The smallest absolute Gasteiger partial charge is 0.0637 e. The second-order valence-electron chi connectivity index (χ2n) is 6.99. The van der Waals surface area contributed by atoms with Gasteiger partial charge in [-0.2, -0.15) is 0 Å². The lowest BCUT2D eigenvalue weighted by Crippen LogP contribution is -2.48. The molecule has 21 heavy (non-hydrogen) atoms. The molecule has 1 saturated carbocycles. The van der Waals surface area contributed by atoms with E-state index in [1.54, 1.807) is 0 Å². The van der Waals surface area contributed by atoms with Crippen LogP contribution in [0.1, 0.15) is 37.3 Å². The van der Waals surface area contributed by atoms with Crippen LogP contribution in [0.3, 0.4) is 0 Å². The molecule has 0 spiro atoms. The molecule has 3 rings (SSSR count). The summed E-state index contributed by atoms with van der Waals surface area (Å²) in [5, 5.41) is 3.77. The van der Waals surface area contributed by atoms with Gasteiger partial charge in [0.25, 0.3) is 0 Å². The van der Waals surface area contributed by atoms with E-state index in [0.29, 0.717) is 12.6 Å². The van der Waals surface area contributed by atoms with E-state index < -0.39 is 0 Å². The number of nitrogens with one attached hydrogen (secondary N) is 1. The average Bonchev–Trinajstić information content (AvgIpc) is 3.21. The maximum absolute atomic E-state index is 6.17. The highest BCUT2D eigenvalue weighted by molar-refractivity contribution is 9.10. The van der Waals surface area contributed by atoms with Crippen molar-refractivity contribution in [3.05, 3.63) is 27.7 Å². The first-order chi connectivity index (χ1) is 9.94. The molecule has 4 heteroatoms. The molecule has 1 aromatic carbocycles. The second kappa shape index (κ2) is 5.56. The SMILES string of the molecule is Cc1cc(NC2(CN)CC(C)N(C3CC3)C2)cc(C)c1Br. The van der Waals surface area contributed by atoms with Gasteiger partial charge in [0.15, 0.2) is 0 Å². The van der Waals surface area contributed by atoms with Gasteiger partial charge in [-0.15, -0.1) is 0 Å². The van der Waals surface area contributed by atoms with E-state index in [4.69, 9.17) is 5.73 Å². The Morgan fingerprint density at radius 2 is 1.95 bits per heavy atom. The van der Waals surface area contributed by atoms with Gasteiger partial charge >= 0.3 is 0 Å². The molecule has 0 amide bonds. The second-order valence-corrected chi connectivity index (χ2v) is 7.78. The third kappa shape index (κ3) is 2.99. The maximum Gasteiger partial charge on any atom is 0.0637 e. The average molecular weight is 352 g/mol. The molecule has 1 heterocycles. The first kappa shape index (κ1) is 15.3. The Hall–Kier alpha value is -0.580. The number of likely N-dealkylation sites (tertiary alicyclic amines) is 1. The highest BCUT2D eigenvalue weighted by Crippen LogP contribution is 2.38. The minimum atomic E-state index is 0.0225. The summed E-state index contributed by atoms with van der Waals surface area (Å²) in [6, 6.07) is 5.88. The van der Waals surface area contributed by atoms with E-state index in [1.165, 1.54) is 34.1 Å². The van der Waals surface area contributed by atoms with Gasteiger partial charge in [0, 0.05) is 35.3 Å². The van der Waals surface area contributed by atoms with Crippen molar-refractivity contribution in [1.29, 1.82) is 0 Å². The van der Waals surface area contributed by atoms with Crippen LogP contribution in [0.15, 0.2) is 16.6 Å². The molecule has 0 radical (unpaired) electrons. The molecule has 1 aliphatic heterocycles. The normalized spacial score (nSPS) is 29.9. The molecule has 3 N–H and O–H groups in total. The largest absolute Gasteiger partial charge is 0.377 e. The van der Waals surface area contributed by atoms with E-state index in [-0.39, 0.29) is 5.54 Å². The van der Waals surface area contributed by atoms with Crippen molar-refractivity contribution < 1.29 is 0 Å². The highest BCUT2D eigenvalue weighted by atomic mass is 79.9. The number of hydrogen-bond donors (Lipinski definition) is 2. The van der Waals surface area contributed by atoms with E-state index in [1.807, 2.05) is 0 Å². The van der Waals surface area contributed by atoms with Crippen LogP contribution < -0.4 is 11.1 Å². The Kier molecular flexibility index (Phi) is 4.06. The number of hydrogen-bond acceptors (Lipinski definition) is 3. The Labute approximate surface area is 136 Å². The molecule has 2 aliphatic rings. The lowest BCUT2D eigenvalue weighted by Gasteiger charge is -2.31. The predicted molar refractivity (Wildman–Crippen MR) is 92.8 cm³/mol. The van der Waals surface area contributed by atoms with E-state index >= 15 is 0 Å². The van der Waals surface area contributed by atoms with Crippen LogP contribution in [0.5, 0.6) is 0 Å². The summed E-state index contributed by atoms with van der Waals surface area (Å²) < 4.78 is 1.20. The van der Waals surface area contributed by atoms with Crippen LogP contribution in [0.2, 0.25) is 0 Å². The predicted octanol–water partition coefficient (Wildman–Crippen LogP) is 3.43. The van der Waals surface area contributed by atoms with Crippen molar-refractivity contribution in [2.75, 3.05) is 18.4 Å². The Bertz CT molecular complexity index is 518. The molecule has 3 nitrogen and oxygen atoms in total. The lowest BCUT2D eigenvalue weighted by atomic mass is 9.95. The fourth-order valence-corrected chi connectivity index (χ4v) is 3.99. The van der Waals surface area contributed by atoms with Gasteiger partial charge in [-0.05, 0) is 63.3 Å². The quantitative estimate of drug-likeness (QED) is 0.872. The zero-order valence-electron chi connectivity index (χ0n) is 13.2. The van der Waals surface area contributed by atoms with Gasteiger partial charge in [-0.25, -0.2) is 0 Å². The van der Waals surface area contributed by atoms with Crippen LogP contribution in [0, 0.1) is 13.8 Å². The molecule has 2 unspecified atom stereocenters. The first-order valence-electron chi connectivity index (χ1n) is 7.95. The van der Waals surface area contributed by atoms with E-state index in [2.05, 4.69) is 59.1 Å². The maximum atomic E-state index is 6.17. The fraction of sp³-hybridized carbons (Fsp3) is 0.647. The van der Waals surface area contributed by atoms with Crippen molar-refractivity contribution >= 4 is 21.6 Å². The molecular formula is C17H26BrN3. The summed E-state index contributed by atoms with van der Waals surface area (Å²) in [5.41, 5.74) is 9.94. The van der Waals surface area contributed by atoms with Gasteiger partial charge in [-0.1, -0.05) is 15.9 Å². The standard InChI is InChI=1S/C17H26BrN3/c1-11-6-14(7-12(2)16(11)18)20-17(9-19)8-13(3)21(10-17)15-4-5-15/h6-7,13,15,20H,4-5,8-10,19H2,1-3H3. The summed E-state index contributed by atoms with van der Waals surface area (Å²) in [6.07, 6.45) is 3.86.